The Bertz CT molecular complexity index is 466. The van der Waals surface area contributed by atoms with E-state index in [1.807, 2.05) is 6.92 Å². The van der Waals surface area contributed by atoms with E-state index in [0.717, 1.165) is 11.6 Å². The first-order valence-electron chi connectivity index (χ1n) is 7.02. The minimum atomic E-state index is 0.769. The van der Waals surface area contributed by atoms with Gasteiger partial charge in [0.2, 0.25) is 0 Å². The Hall–Kier alpha value is -1.50. The molecule has 0 bridgehead atoms. The van der Waals surface area contributed by atoms with Crippen LogP contribution in [0.2, 0.25) is 0 Å². The highest BCUT2D eigenvalue weighted by molar-refractivity contribution is 5.62. The lowest BCUT2D eigenvalue weighted by molar-refractivity contribution is 0.737. The average molecular weight is 257 g/mol. The molecule has 0 amide bonds. The van der Waals surface area contributed by atoms with Crippen molar-refractivity contribution in [1.82, 2.24) is 0 Å². The van der Waals surface area contributed by atoms with Crippen LogP contribution in [0.15, 0.2) is 57.9 Å². The summed E-state index contributed by atoms with van der Waals surface area (Å²) in [4.78, 5) is 0. The van der Waals surface area contributed by atoms with E-state index in [-0.39, 0.29) is 0 Å². The van der Waals surface area contributed by atoms with Gasteiger partial charge in [0.25, 0.3) is 0 Å². The second-order valence-electron chi connectivity index (χ2n) is 5.58. The van der Waals surface area contributed by atoms with E-state index in [9.17, 15) is 0 Å². The molecule has 0 aromatic carbocycles. The second-order valence-corrected chi connectivity index (χ2v) is 5.58. The summed E-state index contributed by atoms with van der Waals surface area (Å²) in [5.74, 6) is 0.769. The molecule has 1 heteroatoms. The summed E-state index contributed by atoms with van der Waals surface area (Å²) in [7, 11) is 0. The lowest BCUT2D eigenvalue weighted by Gasteiger charge is -2.05. The van der Waals surface area contributed by atoms with Crippen LogP contribution in [0.4, 0.5) is 0 Å². The summed E-state index contributed by atoms with van der Waals surface area (Å²) in [6.45, 7) is 12.8. The molecule has 2 aliphatic carbocycles. The molecule has 0 saturated carbocycles. The normalized spacial score (nSPS) is 21.8. The first-order valence-corrected chi connectivity index (χ1v) is 7.02. The predicted molar refractivity (Wildman–Crippen MR) is 85.7 cm³/mol. The van der Waals surface area contributed by atoms with Crippen LogP contribution in [0.3, 0.4) is 0 Å². The SMILES string of the molecule is CC(N)=C1C(C)=C(C)C(C)=C1C.CC1C=CC=CC1. The van der Waals surface area contributed by atoms with E-state index in [0.29, 0.717) is 0 Å². The average Bonchev–Trinajstić information content (AvgIpc) is 2.55. The molecule has 1 atom stereocenters. The molecule has 2 N–H and O–H groups in total. The summed E-state index contributed by atoms with van der Waals surface area (Å²) in [5, 5.41) is 0. The van der Waals surface area contributed by atoms with Gasteiger partial charge in [-0.2, -0.15) is 0 Å². The Morgan fingerprint density at radius 1 is 1.00 bits per heavy atom. The molecular formula is C18H27N. The van der Waals surface area contributed by atoms with Gasteiger partial charge in [-0.05, 0) is 74.8 Å². The zero-order valence-electron chi connectivity index (χ0n) is 13.2. The summed E-state index contributed by atoms with van der Waals surface area (Å²) in [5.41, 5.74) is 13.4. The van der Waals surface area contributed by atoms with Gasteiger partial charge in [-0.15, -0.1) is 0 Å². The van der Waals surface area contributed by atoms with Crippen LogP contribution in [0.5, 0.6) is 0 Å². The van der Waals surface area contributed by atoms with Crippen molar-refractivity contribution in [3.8, 4) is 0 Å². The van der Waals surface area contributed by atoms with Gasteiger partial charge in [-0.1, -0.05) is 31.2 Å². The highest BCUT2D eigenvalue weighted by atomic mass is 14.6. The fourth-order valence-electron chi connectivity index (χ4n) is 2.51. The molecule has 1 unspecified atom stereocenters. The maximum atomic E-state index is 5.81. The molecule has 0 fully saturated rings. The topological polar surface area (TPSA) is 26.0 Å². The van der Waals surface area contributed by atoms with Crippen LogP contribution in [-0.4, -0.2) is 0 Å². The van der Waals surface area contributed by atoms with Crippen molar-refractivity contribution >= 4 is 0 Å². The van der Waals surface area contributed by atoms with Crippen molar-refractivity contribution < 1.29 is 0 Å². The van der Waals surface area contributed by atoms with Gasteiger partial charge in [0.15, 0.2) is 0 Å². The molecule has 104 valence electrons. The van der Waals surface area contributed by atoms with E-state index in [4.69, 9.17) is 5.73 Å². The third-order valence-corrected chi connectivity index (χ3v) is 4.03. The molecular weight excluding hydrogens is 230 g/mol. The van der Waals surface area contributed by atoms with Gasteiger partial charge >= 0.3 is 0 Å². The summed E-state index contributed by atoms with van der Waals surface area (Å²) in [6.07, 6.45) is 9.84. The van der Waals surface area contributed by atoms with E-state index in [1.165, 1.54) is 34.3 Å². The Morgan fingerprint density at radius 3 is 1.74 bits per heavy atom. The van der Waals surface area contributed by atoms with Crippen LogP contribution in [0, 0.1) is 5.92 Å². The van der Waals surface area contributed by atoms with Gasteiger partial charge in [-0.25, -0.2) is 0 Å². The van der Waals surface area contributed by atoms with E-state index in [1.54, 1.807) is 0 Å². The van der Waals surface area contributed by atoms with E-state index < -0.39 is 0 Å². The number of allylic oxidation sites excluding steroid dienone is 10. The molecule has 1 nitrogen and oxygen atoms in total. The monoisotopic (exact) mass is 257 g/mol. The van der Waals surface area contributed by atoms with Crippen molar-refractivity contribution in [3.05, 3.63) is 57.9 Å². The molecule has 0 radical (unpaired) electrons. The molecule has 0 aromatic heterocycles. The Balaban J connectivity index is 0.000000218. The van der Waals surface area contributed by atoms with Crippen LogP contribution < -0.4 is 5.73 Å². The molecule has 0 heterocycles. The fourth-order valence-corrected chi connectivity index (χ4v) is 2.51. The van der Waals surface area contributed by atoms with Crippen molar-refractivity contribution in [1.29, 1.82) is 0 Å². The molecule has 2 rings (SSSR count). The molecule has 0 aromatic rings. The van der Waals surface area contributed by atoms with Crippen LogP contribution in [0.25, 0.3) is 0 Å². The predicted octanol–water partition coefficient (Wildman–Crippen LogP) is 5.04. The van der Waals surface area contributed by atoms with Gasteiger partial charge in [0.05, 0.1) is 0 Å². The van der Waals surface area contributed by atoms with Crippen LogP contribution in [-0.2, 0) is 0 Å². The van der Waals surface area contributed by atoms with Crippen molar-refractivity contribution in [3.63, 3.8) is 0 Å². The minimum absolute atomic E-state index is 0.769. The smallest absolute Gasteiger partial charge is 0.0128 e. The third kappa shape index (κ3) is 3.73. The largest absolute Gasteiger partial charge is 0.402 e. The van der Waals surface area contributed by atoms with Gasteiger partial charge in [0.1, 0.15) is 0 Å². The summed E-state index contributed by atoms with van der Waals surface area (Å²) in [6, 6.07) is 0. The number of hydrogen-bond acceptors (Lipinski definition) is 1. The second kappa shape index (κ2) is 6.60. The standard InChI is InChI=1S/C11H17N.C7H10/c1-6-7(2)9(4)11(8(6)3)10(5)12;1-7-5-3-2-4-6-7/h12H2,1-5H3;2-5,7H,6H2,1H3. The maximum absolute atomic E-state index is 5.81. The Labute approximate surface area is 118 Å². The summed E-state index contributed by atoms with van der Waals surface area (Å²) >= 11 is 0. The number of hydrogen-bond donors (Lipinski definition) is 1. The molecule has 0 aliphatic heterocycles. The highest BCUT2D eigenvalue weighted by Crippen LogP contribution is 2.36. The highest BCUT2D eigenvalue weighted by Gasteiger charge is 2.18. The molecule has 0 spiro atoms. The molecule has 2 aliphatic rings. The maximum Gasteiger partial charge on any atom is 0.0128 e. The van der Waals surface area contributed by atoms with Crippen molar-refractivity contribution in [2.24, 2.45) is 11.7 Å². The molecule has 0 saturated heterocycles. The Morgan fingerprint density at radius 2 is 1.53 bits per heavy atom. The Kier molecular flexibility index (Phi) is 5.41. The van der Waals surface area contributed by atoms with E-state index in [2.05, 4.69) is 58.9 Å². The van der Waals surface area contributed by atoms with E-state index >= 15 is 0 Å². The quantitative estimate of drug-likeness (QED) is 0.646. The van der Waals surface area contributed by atoms with Crippen molar-refractivity contribution in [2.75, 3.05) is 0 Å². The fraction of sp³-hybridized carbons (Fsp3) is 0.444. The summed E-state index contributed by atoms with van der Waals surface area (Å²) < 4.78 is 0. The number of rotatable bonds is 0. The van der Waals surface area contributed by atoms with Gasteiger partial charge in [0, 0.05) is 5.70 Å². The van der Waals surface area contributed by atoms with Crippen LogP contribution >= 0.6 is 0 Å². The zero-order valence-corrected chi connectivity index (χ0v) is 13.2. The minimum Gasteiger partial charge on any atom is -0.402 e. The number of nitrogens with two attached hydrogens (primary N) is 1. The van der Waals surface area contributed by atoms with Crippen LogP contribution in [0.1, 0.15) is 48.0 Å². The zero-order chi connectivity index (χ0) is 14.6. The lowest BCUT2D eigenvalue weighted by atomic mass is 10.0. The van der Waals surface area contributed by atoms with Gasteiger partial charge in [-0.3, -0.25) is 0 Å². The first-order chi connectivity index (χ1) is 8.86. The third-order valence-electron chi connectivity index (χ3n) is 4.03. The molecule has 19 heavy (non-hydrogen) atoms. The lowest BCUT2D eigenvalue weighted by Crippen LogP contribution is -1.98. The van der Waals surface area contributed by atoms with Gasteiger partial charge < -0.3 is 5.73 Å². The first kappa shape index (κ1) is 15.6. The van der Waals surface area contributed by atoms with Crippen molar-refractivity contribution in [2.45, 2.75) is 48.0 Å².